The molecular weight excluding hydrogens is 411 g/mol. The van der Waals surface area contributed by atoms with Gasteiger partial charge in [-0.3, -0.25) is 14.6 Å². The number of aryl methyl sites for hydroxylation is 1. The average Bonchev–Trinajstić information content (AvgIpc) is 3.22. The van der Waals surface area contributed by atoms with Crippen LogP contribution in [0.5, 0.6) is 0 Å². The molecule has 1 fully saturated rings. The largest absolute Gasteiger partial charge is 0.325 e. The van der Waals surface area contributed by atoms with Crippen LogP contribution in [-0.4, -0.2) is 53.4 Å². The number of piperazine rings is 1. The lowest BCUT2D eigenvalue weighted by Gasteiger charge is -2.33. The maximum Gasteiger partial charge on any atom is 0.238 e. The zero-order chi connectivity index (χ0) is 21.8. The van der Waals surface area contributed by atoms with Crippen molar-refractivity contribution in [3.8, 4) is 10.6 Å². The van der Waals surface area contributed by atoms with Crippen molar-refractivity contribution in [2.75, 3.05) is 38.0 Å². The number of thiazole rings is 1. The molecule has 0 spiro atoms. The van der Waals surface area contributed by atoms with E-state index in [4.69, 9.17) is 4.98 Å². The highest BCUT2D eigenvalue weighted by Crippen LogP contribution is 2.24. The third-order valence-electron chi connectivity index (χ3n) is 5.74. The predicted octanol–water partition coefficient (Wildman–Crippen LogP) is 4.32. The topological polar surface area (TPSA) is 48.5 Å². The Hall–Kier alpha value is -2.61. The highest BCUT2D eigenvalue weighted by atomic mass is 32.1. The molecule has 2 aromatic carbocycles. The average molecular weight is 439 g/mol. The van der Waals surface area contributed by atoms with Gasteiger partial charge in [-0.1, -0.05) is 12.1 Å². The van der Waals surface area contributed by atoms with Crippen LogP contribution in [0.1, 0.15) is 16.8 Å². The summed E-state index contributed by atoms with van der Waals surface area (Å²) in [6.07, 6.45) is 0. The number of benzene rings is 2. The molecule has 5 nitrogen and oxygen atoms in total. The van der Waals surface area contributed by atoms with E-state index >= 15 is 0 Å². The van der Waals surface area contributed by atoms with E-state index in [0.717, 1.165) is 60.2 Å². The van der Waals surface area contributed by atoms with E-state index in [1.54, 1.807) is 23.5 Å². The van der Waals surface area contributed by atoms with Crippen molar-refractivity contribution in [3.05, 3.63) is 70.5 Å². The number of anilines is 1. The number of rotatable bonds is 6. The highest BCUT2D eigenvalue weighted by Gasteiger charge is 2.20. The molecule has 1 aliphatic rings. The van der Waals surface area contributed by atoms with Crippen LogP contribution in [0.3, 0.4) is 0 Å². The van der Waals surface area contributed by atoms with Gasteiger partial charge < -0.3 is 5.32 Å². The van der Waals surface area contributed by atoms with Gasteiger partial charge in [0.1, 0.15) is 10.8 Å². The summed E-state index contributed by atoms with van der Waals surface area (Å²) in [4.78, 5) is 21.7. The Balaban J connectivity index is 1.25. The number of nitrogens with zero attached hydrogens (tertiary/aromatic N) is 3. The smallest absolute Gasteiger partial charge is 0.238 e. The van der Waals surface area contributed by atoms with E-state index in [2.05, 4.69) is 33.5 Å². The summed E-state index contributed by atoms with van der Waals surface area (Å²) in [6, 6.07) is 12.4. The maximum absolute atomic E-state index is 13.1. The van der Waals surface area contributed by atoms with Gasteiger partial charge in [0.15, 0.2) is 0 Å². The minimum Gasteiger partial charge on any atom is -0.325 e. The third kappa shape index (κ3) is 5.55. The minimum absolute atomic E-state index is 0.0330. The Morgan fingerprint density at radius 2 is 1.77 bits per heavy atom. The summed E-state index contributed by atoms with van der Waals surface area (Å²) in [5.41, 5.74) is 5.16. The summed E-state index contributed by atoms with van der Waals surface area (Å²) in [5.74, 6) is -0.202. The van der Waals surface area contributed by atoms with Gasteiger partial charge in [0.25, 0.3) is 0 Å². The molecule has 0 atom stereocenters. The lowest BCUT2D eigenvalue weighted by molar-refractivity contribution is -0.117. The number of nitrogens with one attached hydrogen (secondary N) is 1. The van der Waals surface area contributed by atoms with Crippen molar-refractivity contribution < 1.29 is 9.18 Å². The van der Waals surface area contributed by atoms with Gasteiger partial charge in [-0.2, -0.15) is 0 Å². The summed E-state index contributed by atoms with van der Waals surface area (Å²) < 4.78 is 13.1. The van der Waals surface area contributed by atoms with Crippen LogP contribution in [0.15, 0.2) is 47.8 Å². The normalized spacial score (nSPS) is 15.2. The molecule has 1 amide bonds. The second-order valence-electron chi connectivity index (χ2n) is 8.00. The van der Waals surface area contributed by atoms with Crippen molar-refractivity contribution in [3.63, 3.8) is 0 Å². The number of carbonyl (C=O) groups is 1. The van der Waals surface area contributed by atoms with Crippen LogP contribution in [0, 0.1) is 19.7 Å². The highest BCUT2D eigenvalue weighted by molar-refractivity contribution is 7.13. The van der Waals surface area contributed by atoms with Crippen molar-refractivity contribution in [1.29, 1.82) is 0 Å². The van der Waals surface area contributed by atoms with Crippen LogP contribution in [0.25, 0.3) is 10.6 Å². The van der Waals surface area contributed by atoms with Gasteiger partial charge in [-0.15, -0.1) is 11.3 Å². The second kappa shape index (κ2) is 9.68. The van der Waals surface area contributed by atoms with Crippen molar-refractivity contribution in [2.24, 2.45) is 0 Å². The molecule has 0 radical (unpaired) electrons. The quantitative estimate of drug-likeness (QED) is 0.623. The first kappa shape index (κ1) is 21.6. The second-order valence-corrected chi connectivity index (χ2v) is 8.86. The Morgan fingerprint density at radius 3 is 2.52 bits per heavy atom. The van der Waals surface area contributed by atoms with E-state index in [1.807, 2.05) is 19.1 Å². The summed E-state index contributed by atoms with van der Waals surface area (Å²) in [5, 5.41) is 6.03. The SMILES string of the molecule is Cc1cccc(NC(=O)CN2CCN(Cc3csc(-c4ccc(F)cc4)n3)CC2)c1C. The zero-order valence-corrected chi connectivity index (χ0v) is 18.7. The van der Waals surface area contributed by atoms with Gasteiger partial charge in [-0.05, 0) is 55.3 Å². The first-order valence-electron chi connectivity index (χ1n) is 10.5. The van der Waals surface area contributed by atoms with E-state index in [0.29, 0.717) is 6.54 Å². The standard InChI is InChI=1S/C24H27FN4OS/c1-17-4-3-5-22(18(17)2)27-23(30)15-29-12-10-28(11-13-29)14-21-16-31-24(26-21)19-6-8-20(25)9-7-19/h3-9,16H,10-15H2,1-2H3,(H,27,30). The number of halogens is 1. The molecule has 1 aliphatic heterocycles. The van der Waals surface area contributed by atoms with Crippen LogP contribution >= 0.6 is 11.3 Å². The Kier molecular flexibility index (Phi) is 6.75. The zero-order valence-electron chi connectivity index (χ0n) is 17.9. The first-order chi connectivity index (χ1) is 15.0. The minimum atomic E-state index is -0.235. The van der Waals surface area contributed by atoms with E-state index in [1.165, 1.54) is 17.7 Å². The molecule has 7 heteroatoms. The molecule has 162 valence electrons. The molecule has 0 bridgehead atoms. The number of hydrogen-bond acceptors (Lipinski definition) is 5. The van der Waals surface area contributed by atoms with E-state index < -0.39 is 0 Å². The third-order valence-corrected chi connectivity index (χ3v) is 6.68. The number of aromatic nitrogens is 1. The molecule has 0 aliphatic carbocycles. The lowest BCUT2D eigenvalue weighted by Crippen LogP contribution is -2.48. The van der Waals surface area contributed by atoms with Crippen molar-refractivity contribution in [1.82, 2.24) is 14.8 Å². The monoisotopic (exact) mass is 438 g/mol. The molecule has 1 saturated heterocycles. The predicted molar refractivity (Wildman–Crippen MR) is 124 cm³/mol. The Morgan fingerprint density at radius 1 is 1.06 bits per heavy atom. The lowest BCUT2D eigenvalue weighted by atomic mass is 10.1. The molecular formula is C24H27FN4OS. The fourth-order valence-electron chi connectivity index (χ4n) is 3.72. The molecule has 0 saturated carbocycles. The van der Waals surface area contributed by atoms with Gasteiger partial charge >= 0.3 is 0 Å². The summed E-state index contributed by atoms with van der Waals surface area (Å²) >= 11 is 1.59. The van der Waals surface area contributed by atoms with Gasteiger partial charge in [0.2, 0.25) is 5.91 Å². The number of hydrogen-bond donors (Lipinski definition) is 1. The molecule has 0 unspecified atom stereocenters. The van der Waals surface area contributed by atoms with Gasteiger partial charge in [0, 0.05) is 49.4 Å². The fraction of sp³-hybridized carbons (Fsp3) is 0.333. The first-order valence-corrected chi connectivity index (χ1v) is 11.4. The van der Waals surface area contributed by atoms with Crippen LogP contribution in [0.2, 0.25) is 0 Å². The van der Waals surface area contributed by atoms with E-state index in [9.17, 15) is 9.18 Å². The maximum atomic E-state index is 13.1. The van der Waals surface area contributed by atoms with E-state index in [-0.39, 0.29) is 11.7 Å². The van der Waals surface area contributed by atoms with Crippen LogP contribution in [-0.2, 0) is 11.3 Å². The molecule has 4 rings (SSSR count). The van der Waals surface area contributed by atoms with Crippen LogP contribution < -0.4 is 5.32 Å². The summed E-state index contributed by atoms with van der Waals surface area (Å²) in [6.45, 7) is 8.80. The fourth-order valence-corrected chi connectivity index (χ4v) is 4.54. The van der Waals surface area contributed by atoms with Crippen molar-refractivity contribution >= 4 is 22.9 Å². The molecule has 2 heterocycles. The summed E-state index contributed by atoms with van der Waals surface area (Å²) in [7, 11) is 0. The molecule has 3 aromatic rings. The number of carbonyl (C=O) groups excluding carboxylic acids is 1. The molecule has 1 aromatic heterocycles. The Bertz CT molecular complexity index is 1040. The Labute approximate surface area is 186 Å². The van der Waals surface area contributed by atoms with Gasteiger partial charge in [-0.25, -0.2) is 9.37 Å². The van der Waals surface area contributed by atoms with Gasteiger partial charge in [0.05, 0.1) is 12.2 Å². The van der Waals surface area contributed by atoms with Crippen LogP contribution in [0.4, 0.5) is 10.1 Å². The molecule has 31 heavy (non-hydrogen) atoms. The molecule has 1 N–H and O–H groups in total. The van der Waals surface area contributed by atoms with Crippen molar-refractivity contribution in [2.45, 2.75) is 20.4 Å². The number of amides is 1.